The van der Waals surface area contributed by atoms with E-state index in [9.17, 15) is 9.90 Å². The molecule has 1 aromatic carbocycles. The van der Waals surface area contributed by atoms with Crippen LogP contribution in [0.15, 0.2) is 24.3 Å². The van der Waals surface area contributed by atoms with Gasteiger partial charge in [0, 0.05) is 31.4 Å². The Labute approximate surface area is 94.7 Å². The van der Waals surface area contributed by atoms with E-state index in [0.29, 0.717) is 6.54 Å². The molecule has 16 heavy (non-hydrogen) atoms. The molecule has 5 heteroatoms. The lowest BCUT2D eigenvalue weighted by atomic mass is 10.2. The second kappa shape index (κ2) is 6.09. The Morgan fingerprint density at radius 1 is 1.50 bits per heavy atom. The van der Waals surface area contributed by atoms with Crippen LogP contribution in [0.3, 0.4) is 0 Å². The topological polar surface area (TPSA) is 87.4 Å². The number of hydrogen-bond acceptors (Lipinski definition) is 4. The molecule has 5 N–H and O–H groups in total. The van der Waals surface area contributed by atoms with Crippen LogP contribution in [0.25, 0.3) is 0 Å². The molecule has 1 aromatic rings. The zero-order valence-electron chi connectivity index (χ0n) is 9.23. The maximum atomic E-state index is 10.8. The SMILES string of the molecule is CC(=O)Nc1cccc(NCC(O)CN)c1. The second-order valence-corrected chi connectivity index (χ2v) is 3.53. The average Bonchev–Trinajstić information content (AvgIpc) is 2.25. The van der Waals surface area contributed by atoms with Crippen molar-refractivity contribution < 1.29 is 9.90 Å². The molecule has 0 saturated heterocycles. The highest BCUT2D eigenvalue weighted by molar-refractivity contribution is 5.89. The van der Waals surface area contributed by atoms with Crippen LogP contribution in [-0.2, 0) is 4.79 Å². The number of anilines is 2. The number of nitrogens with two attached hydrogens (primary N) is 1. The first-order valence-corrected chi connectivity index (χ1v) is 5.11. The van der Waals surface area contributed by atoms with E-state index in [0.717, 1.165) is 11.4 Å². The van der Waals surface area contributed by atoms with E-state index in [1.165, 1.54) is 6.92 Å². The van der Waals surface area contributed by atoms with Gasteiger partial charge in [0.25, 0.3) is 0 Å². The Morgan fingerprint density at radius 2 is 2.19 bits per heavy atom. The van der Waals surface area contributed by atoms with Crippen molar-refractivity contribution in [2.45, 2.75) is 13.0 Å². The minimum absolute atomic E-state index is 0.112. The van der Waals surface area contributed by atoms with Crippen LogP contribution >= 0.6 is 0 Å². The lowest BCUT2D eigenvalue weighted by Crippen LogP contribution is -2.27. The minimum Gasteiger partial charge on any atom is -0.390 e. The van der Waals surface area contributed by atoms with Crippen LogP contribution in [0.5, 0.6) is 0 Å². The summed E-state index contributed by atoms with van der Waals surface area (Å²) < 4.78 is 0. The molecule has 0 aliphatic rings. The number of rotatable bonds is 5. The van der Waals surface area contributed by atoms with Crippen molar-refractivity contribution >= 4 is 17.3 Å². The predicted octanol–water partition coefficient (Wildman–Crippen LogP) is 0.376. The third kappa shape index (κ3) is 4.29. The summed E-state index contributed by atoms with van der Waals surface area (Å²) in [5.74, 6) is -0.112. The van der Waals surface area contributed by atoms with Gasteiger partial charge in [-0.25, -0.2) is 0 Å². The number of nitrogens with one attached hydrogen (secondary N) is 2. The van der Waals surface area contributed by atoms with Gasteiger partial charge in [0.1, 0.15) is 0 Å². The molecule has 0 fully saturated rings. The zero-order chi connectivity index (χ0) is 12.0. The highest BCUT2D eigenvalue weighted by Gasteiger charge is 2.01. The maximum absolute atomic E-state index is 10.8. The van der Waals surface area contributed by atoms with Crippen molar-refractivity contribution in [1.29, 1.82) is 0 Å². The van der Waals surface area contributed by atoms with E-state index >= 15 is 0 Å². The molecular formula is C11H17N3O2. The van der Waals surface area contributed by atoms with Crippen LogP contribution < -0.4 is 16.4 Å². The number of carbonyl (C=O) groups is 1. The van der Waals surface area contributed by atoms with E-state index in [4.69, 9.17) is 5.73 Å². The molecule has 1 atom stereocenters. The van der Waals surface area contributed by atoms with Crippen LogP contribution in [0, 0.1) is 0 Å². The quantitative estimate of drug-likeness (QED) is 0.581. The number of aliphatic hydroxyl groups excluding tert-OH is 1. The van der Waals surface area contributed by atoms with Gasteiger partial charge >= 0.3 is 0 Å². The molecule has 0 aliphatic heterocycles. The third-order valence-electron chi connectivity index (χ3n) is 2.00. The van der Waals surface area contributed by atoms with Gasteiger partial charge < -0.3 is 21.5 Å². The van der Waals surface area contributed by atoms with Crippen molar-refractivity contribution in [3.05, 3.63) is 24.3 Å². The zero-order valence-corrected chi connectivity index (χ0v) is 9.23. The van der Waals surface area contributed by atoms with Crippen molar-refractivity contribution in [3.8, 4) is 0 Å². The van der Waals surface area contributed by atoms with Crippen molar-refractivity contribution in [1.82, 2.24) is 0 Å². The summed E-state index contributed by atoms with van der Waals surface area (Å²) in [6, 6.07) is 7.27. The molecule has 0 heterocycles. The molecule has 0 aliphatic carbocycles. The number of benzene rings is 1. The van der Waals surface area contributed by atoms with Gasteiger partial charge in [-0.3, -0.25) is 4.79 Å². The normalized spacial score (nSPS) is 11.9. The Bertz CT molecular complexity index is 355. The lowest BCUT2D eigenvalue weighted by molar-refractivity contribution is -0.114. The molecular weight excluding hydrogens is 206 g/mol. The fourth-order valence-electron chi connectivity index (χ4n) is 1.23. The molecule has 0 spiro atoms. The van der Waals surface area contributed by atoms with Crippen molar-refractivity contribution in [3.63, 3.8) is 0 Å². The highest BCUT2D eigenvalue weighted by atomic mass is 16.3. The summed E-state index contributed by atoms with van der Waals surface area (Å²) in [6.07, 6.45) is -0.565. The standard InChI is InChI=1S/C11H17N3O2/c1-8(15)14-10-4-2-3-9(5-10)13-7-11(16)6-12/h2-5,11,13,16H,6-7,12H2,1H3,(H,14,15). The van der Waals surface area contributed by atoms with E-state index in [2.05, 4.69) is 10.6 Å². The number of aliphatic hydroxyl groups is 1. The van der Waals surface area contributed by atoms with Crippen LogP contribution in [0.2, 0.25) is 0 Å². The Morgan fingerprint density at radius 3 is 2.81 bits per heavy atom. The Kier molecular flexibility index (Phi) is 4.75. The highest BCUT2D eigenvalue weighted by Crippen LogP contribution is 2.14. The van der Waals surface area contributed by atoms with E-state index in [-0.39, 0.29) is 12.5 Å². The molecule has 1 unspecified atom stereocenters. The molecule has 88 valence electrons. The van der Waals surface area contributed by atoms with E-state index in [1.807, 2.05) is 12.1 Å². The first kappa shape index (κ1) is 12.5. The summed E-state index contributed by atoms with van der Waals surface area (Å²) in [4.78, 5) is 10.8. The third-order valence-corrected chi connectivity index (χ3v) is 2.00. The average molecular weight is 223 g/mol. The molecule has 5 nitrogen and oxygen atoms in total. The predicted molar refractivity (Wildman–Crippen MR) is 64.3 cm³/mol. The summed E-state index contributed by atoms with van der Waals surface area (Å²) in [7, 11) is 0. The van der Waals surface area contributed by atoms with Gasteiger partial charge in [0.15, 0.2) is 0 Å². The van der Waals surface area contributed by atoms with Gasteiger partial charge in [-0.2, -0.15) is 0 Å². The Balaban J connectivity index is 2.56. The summed E-state index contributed by atoms with van der Waals surface area (Å²) in [5, 5.41) is 15.0. The lowest BCUT2D eigenvalue weighted by Gasteiger charge is -2.11. The molecule has 1 amide bonds. The molecule has 0 bridgehead atoms. The van der Waals surface area contributed by atoms with Gasteiger partial charge in [0.05, 0.1) is 6.10 Å². The smallest absolute Gasteiger partial charge is 0.221 e. The van der Waals surface area contributed by atoms with E-state index < -0.39 is 6.10 Å². The van der Waals surface area contributed by atoms with Gasteiger partial charge in [-0.1, -0.05) is 6.07 Å². The van der Waals surface area contributed by atoms with Gasteiger partial charge in [-0.05, 0) is 18.2 Å². The number of carbonyl (C=O) groups excluding carboxylic acids is 1. The maximum Gasteiger partial charge on any atom is 0.221 e. The molecule has 0 radical (unpaired) electrons. The van der Waals surface area contributed by atoms with Crippen molar-refractivity contribution in [2.24, 2.45) is 5.73 Å². The van der Waals surface area contributed by atoms with Gasteiger partial charge in [0.2, 0.25) is 5.91 Å². The number of amides is 1. The summed E-state index contributed by atoms with van der Waals surface area (Å²) in [6.45, 7) is 2.07. The first-order chi connectivity index (χ1) is 7.61. The molecule has 0 aromatic heterocycles. The number of hydrogen-bond donors (Lipinski definition) is 4. The fourth-order valence-corrected chi connectivity index (χ4v) is 1.23. The monoisotopic (exact) mass is 223 g/mol. The minimum atomic E-state index is -0.565. The largest absolute Gasteiger partial charge is 0.390 e. The van der Waals surface area contributed by atoms with Crippen molar-refractivity contribution in [2.75, 3.05) is 23.7 Å². The Hall–Kier alpha value is -1.59. The fraction of sp³-hybridized carbons (Fsp3) is 0.364. The van der Waals surface area contributed by atoms with E-state index in [1.54, 1.807) is 12.1 Å². The summed E-state index contributed by atoms with van der Waals surface area (Å²) >= 11 is 0. The second-order valence-electron chi connectivity index (χ2n) is 3.53. The van der Waals surface area contributed by atoms with Crippen LogP contribution in [0.1, 0.15) is 6.92 Å². The van der Waals surface area contributed by atoms with Crippen LogP contribution in [-0.4, -0.2) is 30.2 Å². The summed E-state index contributed by atoms with van der Waals surface area (Å²) in [5.41, 5.74) is 6.84. The van der Waals surface area contributed by atoms with Gasteiger partial charge in [-0.15, -0.1) is 0 Å². The van der Waals surface area contributed by atoms with Crippen LogP contribution in [0.4, 0.5) is 11.4 Å². The first-order valence-electron chi connectivity index (χ1n) is 5.11. The molecule has 1 rings (SSSR count). The molecule has 0 saturated carbocycles.